The van der Waals surface area contributed by atoms with Crippen LogP contribution in [-0.4, -0.2) is 12.5 Å². The Morgan fingerprint density at radius 1 is 1.12 bits per heavy atom. The highest BCUT2D eigenvalue weighted by atomic mass is 16.5. The minimum absolute atomic E-state index is 0.0786. The van der Waals surface area contributed by atoms with E-state index in [1.165, 1.54) is 0 Å². The van der Waals surface area contributed by atoms with E-state index in [0.29, 0.717) is 0 Å². The summed E-state index contributed by atoms with van der Waals surface area (Å²) in [6.45, 7) is 0.197. The largest absolute Gasteiger partial charge is 0.460 e. The number of fused-ring (bicyclic) bond motifs is 1. The molecule has 0 aliphatic heterocycles. The third-order valence-electron chi connectivity index (χ3n) is 2.44. The Bertz CT molecular complexity index is 503. The highest BCUT2D eigenvalue weighted by molar-refractivity contribution is 5.85. The van der Waals surface area contributed by atoms with Crippen LogP contribution in [0.25, 0.3) is 10.8 Å². The molecule has 2 N–H and O–H groups in total. The Morgan fingerprint density at radius 2 is 1.88 bits per heavy atom. The van der Waals surface area contributed by atoms with Crippen molar-refractivity contribution >= 4 is 16.7 Å². The van der Waals surface area contributed by atoms with Crippen LogP contribution in [-0.2, 0) is 16.1 Å². The number of nitrogens with two attached hydrogens (primary N) is 1. The van der Waals surface area contributed by atoms with Gasteiger partial charge in [-0.1, -0.05) is 42.5 Å². The van der Waals surface area contributed by atoms with Gasteiger partial charge in [0.1, 0.15) is 6.61 Å². The molecule has 0 radical (unpaired) electrons. The summed E-state index contributed by atoms with van der Waals surface area (Å²) >= 11 is 0. The van der Waals surface area contributed by atoms with Crippen LogP contribution < -0.4 is 5.73 Å². The molecule has 0 spiro atoms. The first-order chi connectivity index (χ1) is 7.81. The topological polar surface area (TPSA) is 52.3 Å². The number of carbonyl (C=O) groups is 1. The molecule has 3 nitrogen and oxygen atoms in total. The summed E-state index contributed by atoms with van der Waals surface area (Å²) in [5.41, 5.74) is 6.17. The molecule has 16 heavy (non-hydrogen) atoms. The van der Waals surface area contributed by atoms with Gasteiger partial charge < -0.3 is 10.5 Å². The van der Waals surface area contributed by atoms with Crippen LogP contribution in [0.2, 0.25) is 0 Å². The molecule has 0 saturated carbocycles. The second-order valence-corrected chi connectivity index (χ2v) is 3.50. The summed E-state index contributed by atoms with van der Waals surface area (Å²) < 4.78 is 5.02. The van der Waals surface area contributed by atoms with Crippen molar-refractivity contribution in [3.05, 3.63) is 48.0 Å². The van der Waals surface area contributed by atoms with Gasteiger partial charge in [-0.15, -0.1) is 0 Å². The fourth-order valence-corrected chi connectivity index (χ4v) is 1.64. The average Bonchev–Trinajstić information content (AvgIpc) is 2.35. The minimum Gasteiger partial charge on any atom is -0.460 e. The predicted octanol–water partition coefficient (Wildman–Crippen LogP) is 1.84. The van der Waals surface area contributed by atoms with Gasteiger partial charge in [-0.05, 0) is 16.3 Å². The van der Waals surface area contributed by atoms with Gasteiger partial charge in [0.15, 0.2) is 0 Å². The maximum atomic E-state index is 11.0. The van der Waals surface area contributed by atoms with Crippen molar-refractivity contribution in [1.82, 2.24) is 0 Å². The first-order valence-electron chi connectivity index (χ1n) is 5.13. The standard InChI is InChI=1S/C13H13NO2/c14-8-13(15)16-9-11-6-3-5-10-4-1-2-7-12(10)11/h1-7H,8-9,14H2. The monoisotopic (exact) mass is 215 g/mol. The Kier molecular flexibility index (Phi) is 3.17. The lowest BCUT2D eigenvalue weighted by Crippen LogP contribution is -2.16. The molecule has 0 amide bonds. The molecule has 0 aliphatic carbocycles. The van der Waals surface area contributed by atoms with Crippen molar-refractivity contribution < 1.29 is 9.53 Å². The van der Waals surface area contributed by atoms with Crippen molar-refractivity contribution in [2.45, 2.75) is 6.61 Å². The van der Waals surface area contributed by atoms with Crippen molar-refractivity contribution in [3.8, 4) is 0 Å². The molecular formula is C13H13NO2. The van der Waals surface area contributed by atoms with Crippen molar-refractivity contribution in [2.75, 3.05) is 6.54 Å². The molecule has 3 heteroatoms. The summed E-state index contributed by atoms with van der Waals surface area (Å²) in [6, 6.07) is 13.9. The lowest BCUT2D eigenvalue weighted by atomic mass is 10.1. The van der Waals surface area contributed by atoms with Crippen LogP contribution in [0.1, 0.15) is 5.56 Å². The fourth-order valence-electron chi connectivity index (χ4n) is 1.64. The molecule has 0 unspecified atom stereocenters. The van der Waals surface area contributed by atoms with Crippen LogP contribution >= 0.6 is 0 Å². The normalized spacial score (nSPS) is 10.3. The number of carbonyl (C=O) groups excluding carboxylic acids is 1. The van der Waals surface area contributed by atoms with Crippen LogP contribution in [0.15, 0.2) is 42.5 Å². The van der Waals surface area contributed by atoms with Gasteiger partial charge in [0.2, 0.25) is 0 Å². The van der Waals surface area contributed by atoms with Gasteiger partial charge in [-0.25, -0.2) is 0 Å². The van der Waals surface area contributed by atoms with Gasteiger partial charge in [0.25, 0.3) is 0 Å². The predicted molar refractivity (Wildman–Crippen MR) is 62.8 cm³/mol. The quantitative estimate of drug-likeness (QED) is 0.795. The molecule has 2 rings (SSSR count). The second kappa shape index (κ2) is 4.77. The summed E-state index contributed by atoms with van der Waals surface area (Å²) in [4.78, 5) is 11.0. The number of benzene rings is 2. The third-order valence-corrected chi connectivity index (χ3v) is 2.44. The van der Waals surface area contributed by atoms with E-state index in [1.807, 2.05) is 42.5 Å². The Hall–Kier alpha value is -1.87. The summed E-state index contributed by atoms with van der Waals surface area (Å²) in [5, 5.41) is 2.25. The fraction of sp³-hybridized carbons (Fsp3) is 0.154. The zero-order chi connectivity index (χ0) is 11.4. The van der Waals surface area contributed by atoms with Gasteiger partial charge >= 0.3 is 5.97 Å². The summed E-state index contributed by atoms with van der Waals surface area (Å²) in [7, 11) is 0. The Balaban J connectivity index is 2.27. The minimum atomic E-state index is -0.382. The van der Waals surface area contributed by atoms with Crippen LogP contribution in [0.5, 0.6) is 0 Å². The number of ether oxygens (including phenoxy) is 1. The average molecular weight is 215 g/mol. The maximum absolute atomic E-state index is 11.0. The lowest BCUT2D eigenvalue weighted by molar-refractivity contribution is -0.143. The van der Waals surface area contributed by atoms with Crippen LogP contribution in [0.4, 0.5) is 0 Å². The number of hydrogen-bond acceptors (Lipinski definition) is 3. The van der Waals surface area contributed by atoms with E-state index in [4.69, 9.17) is 10.5 Å². The van der Waals surface area contributed by atoms with Gasteiger partial charge in [-0.2, -0.15) is 0 Å². The van der Waals surface area contributed by atoms with Gasteiger partial charge in [0, 0.05) is 0 Å². The van der Waals surface area contributed by atoms with Crippen molar-refractivity contribution in [1.29, 1.82) is 0 Å². The lowest BCUT2D eigenvalue weighted by Gasteiger charge is -2.06. The molecule has 0 saturated heterocycles. The first-order valence-corrected chi connectivity index (χ1v) is 5.13. The van der Waals surface area contributed by atoms with E-state index < -0.39 is 0 Å². The third kappa shape index (κ3) is 2.20. The van der Waals surface area contributed by atoms with Gasteiger partial charge in [0.05, 0.1) is 6.54 Å². The maximum Gasteiger partial charge on any atom is 0.320 e. The zero-order valence-corrected chi connectivity index (χ0v) is 8.85. The van der Waals surface area contributed by atoms with Crippen molar-refractivity contribution in [2.24, 2.45) is 5.73 Å². The molecule has 2 aromatic carbocycles. The Labute approximate surface area is 93.8 Å². The van der Waals surface area contributed by atoms with E-state index in [-0.39, 0.29) is 19.1 Å². The molecule has 82 valence electrons. The van der Waals surface area contributed by atoms with Crippen molar-refractivity contribution in [3.63, 3.8) is 0 Å². The summed E-state index contributed by atoms with van der Waals surface area (Å²) in [5.74, 6) is -0.382. The van der Waals surface area contributed by atoms with Gasteiger partial charge in [-0.3, -0.25) is 4.79 Å². The van der Waals surface area contributed by atoms with Crippen LogP contribution in [0, 0.1) is 0 Å². The molecular weight excluding hydrogens is 202 g/mol. The molecule has 0 heterocycles. The molecule has 0 bridgehead atoms. The zero-order valence-electron chi connectivity index (χ0n) is 8.85. The number of rotatable bonds is 3. The summed E-state index contributed by atoms with van der Waals surface area (Å²) in [6.07, 6.45) is 0. The Morgan fingerprint density at radius 3 is 2.69 bits per heavy atom. The smallest absolute Gasteiger partial charge is 0.320 e. The SMILES string of the molecule is NCC(=O)OCc1cccc2ccccc12. The highest BCUT2D eigenvalue weighted by Gasteiger charge is 2.03. The van der Waals surface area contributed by atoms with E-state index in [0.717, 1.165) is 16.3 Å². The second-order valence-electron chi connectivity index (χ2n) is 3.50. The van der Waals surface area contributed by atoms with E-state index >= 15 is 0 Å². The highest BCUT2D eigenvalue weighted by Crippen LogP contribution is 2.18. The molecule has 0 aliphatic rings. The number of hydrogen-bond donors (Lipinski definition) is 1. The first kappa shape index (κ1) is 10.6. The number of esters is 1. The molecule has 2 aromatic rings. The molecule has 0 aromatic heterocycles. The molecule has 0 fully saturated rings. The molecule has 0 atom stereocenters. The van der Waals surface area contributed by atoms with E-state index in [9.17, 15) is 4.79 Å². The van der Waals surface area contributed by atoms with E-state index in [1.54, 1.807) is 0 Å². The van der Waals surface area contributed by atoms with E-state index in [2.05, 4.69) is 0 Å². The van der Waals surface area contributed by atoms with Crippen LogP contribution in [0.3, 0.4) is 0 Å².